The SMILES string of the molecule is CCn1nccc1C(=O)N[C@H](c1cn2nc(C[C@H]3C[C@@H](C(F)(F)F)CNC3=O)c(CN(C)C)cc2n1)C1CCC(F)(F)CC1. The Morgan fingerprint density at radius 3 is 2.64 bits per heavy atom. The number of aryl methyl sites for hydroxylation is 1. The second-order valence-electron chi connectivity index (χ2n) is 12.1. The number of hydrogen-bond acceptors (Lipinski definition) is 6. The van der Waals surface area contributed by atoms with Crippen LogP contribution in [0.5, 0.6) is 0 Å². The summed E-state index contributed by atoms with van der Waals surface area (Å²) in [5.41, 5.74) is 2.36. The van der Waals surface area contributed by atoms with Crippen LogP contribution in [0.3, 0.4) is 0 Å². The van der Waals surface area contributed by atoms with Gasteiger partial charge in [0.2, 0.25) is 11.8 Å². The van der Waals surface area contributed by atoms with Crippen molar-refractivity contribution in [2.75, 3.05) is 20.6 Å². The fourth-order valence-electron chi connectivity index (χ4n) is 6.20. The average Bonchev–Trinajstić information content (AvgIpc) is 3.59. The largest absolute Gasteiger partial charge is 0.393 e. The highest BCUT2D eigenvalue weighted by molar-refractivity contribution is 5.92. The Hall–Kier alpha value is -3.62. The number of rotatable bonds is 9. The summed E-state index contributed by atoms with van der Waals surface area (Å²) < 4.78 is 71.6. The molecule has 4 heterocycles. The fourth-order valence-corrected chi connectivity index (χ4v) is 6.20. The van der Waals surface area contributed by atoms with Crippen LogP contribution < -0.4 is 10.6 Å². The summed E-state index contributed by atoms with van der Waals surface area (Å²) in [7, 11) is 3.67. The number of alkyl halides is 5. The van der Waals surface area contributed by atoms with E-state index in [0.29, 0.717) is 41.4 Å². The van der Waals surface area contributed by atoms with Gasteiger partial charge in [0.25, 0.3) is 5.91 Å². The maximum absolute atomic E-state index is 14.1. The molecule has 0 unspecified atom stereocenters. The van der Waals surface area contributed by atoms with E-state index >= 15 is 0 Å². The lowest BCUT2D eigenvalue weighted by Crippen LogP contribution is -2.47. The van der Waals surface area contributed by atoms with E-state index in [2.05, 4.69) is 15.7 Å². The third kappa shape index (κ3) is 7.02. The van der Waals surface area contributed by atoms with E-state index < -0.39 is 48.3 Å². The summed E-state index contributed by atoms with van der Waals surface area (Å²) in [5, 5.41) is 14.2. The van der Waals surface area contributed by atoms with Crippen molar-refractivity contribution in [2.24, 2.45) is 17.8 Å². The summed E-state index contributed by atoms with van der Waals surface area (Å²) in [4.78, 5) is 32.6. The molecule has 2 fully saturated rings. The second-order valence-corrected chi connectivity index (χ2v) is 12.1. The van der Waals surface area contributed by atoms with Crippen molar-refractivity contribution in [1.29, 1.82) is 0 Å². The van der Waals surface area contributed by atoms with Crippen LogP contribution >= 0.6 is 0 Å². The second kappa shape index (κ2) is 12.4. The van der Waals surface area contributed by atoms with Crippen LogP contribution in [-0.2, 0) is 24.3 Å². The highest BCUT2D eigenvalue weighted by Gasteiger charge is 2.45. The van der Waals surface area contributed by atoms with Crippen LogP contribution in [0.2, 0.25) is 0 Å². The molecule has 5 rings (SSSR count). The van der Waals surface area contributed by atoms with E-state index in [9.17, 15) is 31.5 Å². The molecular weight excluding hydrogens is 587 g/mol. The molecule has 0 radical (unpaired) electrons. The summed E-state index contributed by atoms with van der Waals surface area (Å²) in [6, 6.07) is 2.66. The van der Waals surface area contributed by atoms with Crippen LogP contribution in [0, 0.1) is 17.8 Å². The topological polar surface area (TPSA) is 109 Å². The molecule has 3 aromatic rings. The Labute approximate surface area is 251 Å². The minimum Gasteiger partial charge on any atom is -0.355 e. The number of aromatic nitrogens is 5. The van der Waals surface area contributed by atoms with Crippen molar-refractivity contribution in [3.63, 3.8) is 0 Å². The Balaban J connectivity index is 1.49. The predicted octanol–water partition coefficient (Wildman–Crippen LogP) is 4.16. The number of carbonyl (C=O) groups excluding carboxylic acids is 2. The summed E-state index contributed by atoms with van der Waals surface area (Å²) >= 11 is 0. The minimum atomic E-state index is -4.42. The summed E-state index contributed by atoms with van der Waals surface area (Å²) in [5.74, 6) is -6.48. The molecule has 0 aromatic carbocycles. The number of hydrogen-bond donors (Lipinski definition) is 2. The van der Waals surface area contributed by atoms with E-state index in [1.807, 2.05) is 25.9 Å². The lowest BCUT2D eigenvalue weighted by atomic mass is 9.81. The van der Waals surface area contributed by atoms with Crippen molar-refractivity contribution in [2.45, 2.75) is 76.7 Å². The number of piperidine rings is 1. The number of nitrogens with zero attached hydrogens (tertiary/aromatic N) is 6. The molecular formula is C29H37F5N8O2. The van der Waals surface area contributed by atoms with Crippen LogP contribution in [0.4, 0.5) is 22.0 Å². The molecule has 44 heavy (non-hydrogen) atoms. The van der Waals surface area contributed by atoms with Gasteiger partial charge in [-0.3, -0.25) is 14.3 Å². The highest BCUT2D eigenvalue weighted by atomic mass is 19.4. The van der Waals surface area contributed by atoms with Crippen LogP contribution in [0.15, 0.2) is 24.5 Å². The molecule has 0 spiro atoms. The zero-order chi connectivity index (χ0) is 31.8. The van der Waals surface area contributed by atoms with Crippen molar-refractivity contribution < 1.29 is 31.5 Å². The smallest absolute Gasteiger partial charge is 0.355 e. The van der Waals surface area contributed by atoms with Gasteiger partial charge in [-0.25, -0.2) is 18.3 Å². The maximum atomic E-state index is 14.1. The molecule has 3 atom stereocenters. The van der Waals surface area contributed by atoms with E-state index in [4.69, 9.17) is 10.1 Å². The van der Waals surface area contributed by atoms with Gasteiger partial charge in [-0.2, -0.15) is 23.4 Å². The molecule has 2 N–H and O–H groups in total. The van der Waals surface area contributed by atoms with Gasteiger partial charge in [-0.05, 0) is 63.9 Å². The Morgan fingerprint density at radius 2 is 1.98 bits per heavy atom. The molecule has 1 aliphatic heterocycles. The monoisotopic (exact) mass is 624 g/mol. The molecule has 0 bridgehead atoms. The first kappa shape index (κ1) is 31.8. The number of nitrogens with one attached hydrogen (secondary N) is 2. The molecule has 1 saturated carbocycles. The number of fused-ring (bicyclic) bond motifs is 1. The van der Waals surface area contributed by atoms with Crippen molar-refractivity contribution in [3.05, 3.63) is 47.2 Å². The number of imidazole rings is 1. The molecule has 1 aliphatic carbocycles. The number of carbonyl (C=O) groups is 2. The summed E-state index contributed by atoms with van der Waals surface area (Å²) in [6.07, 6.45) is -1.87. The molecule has 240 valence electrons. The van der Waals surface area contributed by atoms with E-state index in [0.717, 1.165) is 0 Å². The van der Waals surface area contributed by atoms with Gasteiger partial charge in [0.05, 0.1) is 29.5 Å². The Kier molecular flexibility index (Phi) is 8.96. The molecule has 10 nitrogen and oxygen atoms in total. The van der Waals surface area contributed by atoms with Crippen LogP contribution in [-0.4, -0.2) is 73.8 Å². The van der Waals surface area contributed by atoms with Gasteiger partial charge in [0.1, 0.15) is 5.69 Å². The standard InChI is InChI=1S/C29H37F5N8O2/c1-4-41-23(7-10-36-41)27(44)38-25(17-5-8-28(30,31)9-6-17)22-16-42-24(37-22)13-19(15-40(2)3)21(39-42)12-18-11-20(29(32,33)34)14-35-26(18)43/h7,10,13,16-18,20,25H,4-6,8-9,11-12,14-15H2,1-3H3,(H,35,43)(H,38,44)/t18-,20-,25+/m1/s1. The Bertz CT molecular complexity index is 1490. The molecule has 15 heteroatoms. The van der Waals surface area contributed by atoms with Gasteiger partial charge in [-0.15, -0.1) is 0 Å². The van der Waals surface area contributed by atoms with Crippen molar-refractivity contribution in [3.8, 4) is 0 Å². The van der Waals surface area contributed by atoms with E-state index in [-0.39, 0.29) is 44.4 Å². The van der Waals surface area contributed by atoms with Crippen LogP contribution in [0.1, 0.15) is 72.5 Å². The van der Waals surface area contributed by atoms with Crippen LogP contribution in [0.25, 0.3) is 5.65 Å². The zero-order valence-corrected chi connectivity index (χ0v) is 24.9. The quantitative estimate of drug-likeness (QED) is 0.346. The predicted molar refractivity (Wildman–Crippen MR) is 150 cm³/mol. The number of amides is 2. The first-order valence-electron chi connectivity index (χ1n) is 14.8. The fraction of sp³-hybridized carbons (Fsp3) is 0.621. The first-order chi connectivity index (χ1) is 20.7. The lowest BCUT2D eigenvalue weighted by molar-refractivity contribution is -0.183. The van der Waals surface area contributed by atoms with Gasteiger partial charge in [0, 0.05) is 51.0 Å². The molecule has 1 saturated heterocycles. The van der Waals surface area contributed by atoms with Gasteiger partial charge < -0.3 is 15.5 Å². The average molecular weight is 625 g/mol. The van der Waals surface area contributed by atoms with E-state index in [1.54, 1.807) is 18.3 Å². The first-order valence-corrected chi connectivity index (χ1v) is 14.8. The van der Waals surface area contributed by atoms with Crippen molar-refractivity contribution >= 4 is 17.5 Å². The maximum Gasteiger partial charge on any atom is 0.393 e. The normalized spacial score (nSPS) is 21.9. The third-order valence-corrected chi connectivity index (χ3v) is 8.57. The lowest BCUT2D eigenvalue weighted by Gasteiger charge is -2.33. The number of halogens is 5. The molecule has 2 aliphatic rings. The van der Waals surface area contributed by atoms with Crippen molar-refractivity contribution in [1.82, 2.24) is 39.9 Å². The van der Waals surface area contributed by atoms with Gasteiger partial charge in [0.15, 0.2) is 5.65 Å². The Morgan fingerprint density at radius 1 is 1.25 bits per heavy atom. The third-order valence-electron chi connectivity index (χ3n) is 8.57. The highest BCUT2D eigenvalue weighted by Crippen LogP contribution is 2.41. The minimum absolute atomic E-state index is 0.00389. The zero-order valence-electron chi connectivity index (χ0n) is 24.9. The van der Waals surface area contributed by atoms with E-state index in [1.165, 1.54) is 15.4 Å². The van der Waals surface area contributed by atoms with Gasteiger partial charge in [-0.1, -0.05) is 0 Å². The summed E-state index contributed by atoms with van der Waals surface area (Å²) in [6.45, 7) is 2.27. The van der Waals surface area contributed by atoms with Gasteiger partial charge >= 0.3 is 6.18 Å². The molecule has 3 aromatic heterocycles. The molecule has 2 amide bonds.